The van der Waals surface area contributed by atoms with Crippen LogP contribution in [0.4, 0.5) is 13.2 Å². The molecule has 0 atom stereocenters. The number of benzene rings is 1. The first kappa shape index (κ1) is 19.2. The van der Waals surface area contributed by atoms with Crippen molar-refractivity contribution in [2.75, 3.05) is 0 Å². The first-order valence-corrected chi connectivity index (χ1v) is 8.27. The highest BCUT2D eigenvalue weighted by Gasteiger charge is 2.28. The number of hydrogen-bond donors (Lipinski definition) is 1. The lowest BCUT2D eigenvalue weighted by Gasteiger charge is -2.35. The van der Waals surface area contributed by atoms with Crippen LogP contribution in [0.1, 0.15) is 38.6 Å². The summed E-state index contributed by atoms with van der Waals surface area (Å²) in [5.41, 5.74) is -1.07. The number of amides is 1. The van der Waals surface area contributed by atoms with E-state index in [1.165, 1.54) is 4.90 Å². The molecule has 0 unspecified atom stereocenters. The molecule has 0 fully saturated rings. The number of aromatic nitrogens is 1. The molecule has 1 amide bonds. The van der Waals surface area contributed by atoms with Crippen LogP contribution in [-0.2, 0) is 16.1 Å². The smallest absolute Gasteiger partial charge is 0.303 e. The minimum Gasteiger partial charge on any atom is -0.481 e. The Morgan fingerprint density at radius 1 is 1.20 bits per heavy atom. The van der Waals surface area contributed by atoms with Crippen molar-refractivity contribution in [2.45, 2.75) is 45.7 Å². The molecule has 2 rings (SSSR count). The van der Waals surface area contributed by atoms with Crippen molar-refractivity contribution >= 4 is 33.4 Å². The second-order valence-corrected chi connectivity index (χ2v) is 7.57. The summed E-state index contributed by atoms with van der Waals surface area (Å²) in [4.78, 5) is 28.3. The Bertz CT molecular complexity index is 830. The lowest BCUT2D eigenvalue weighted by atomic mass is 10.0. The predicted octanol–water partition coefficient (Wildman–Crippen LogP) is 3.71. The highest BCUT2D eigenvalue weighted by atomic mass is 32.1. The summed E-state index contributed by atoms with van der Waals surface area (Å²) in [6.07, 6.45) is -0.519. The van der Waals surface area contributed by atoms with E-state index in [0.717, 1.165) is 11.3 Å². The normalized spacial score (nSPS) is 11.8. The summed E-state index contributed by atoms with van der Waals surface area (Å²) in [7, 11) is 0. The first-order chi connectivity index (χ1) is 11.5. The van der Waals surface area contributed by atoms with E-state index in [-0.39, 0.29) is 29.1 Å². The molecule has 0 saturated heterocycles. The summed E-state index contributed by atoms with van der Waals surface area (Å²) in [6, 6.07) is 0.458. The maximum atomic E-state index is 13.8. The fourth-order valence-electron chi connectivity index (χ4n) is 2.28. The Morgan fingerprint density at radius 2 is 1.84 bits per heavy atom. The van der Waals surface area contributed by atoms with E-state index in [0.29, 0.717) is 6.07 Å². The molecule has 0 aliphatic carbocycles. The van der Waals surface area contributed by atoms with Gasteiger partial charge in [-0.25, -0.2) is 18.2 Å². The highest BCUT2D eigenvalue weighted by molar-refractivity contribution is 7.18. The molecule has 0 aliphatic heterocycles. The number of rotatable bonds is 5. The van der Waals surface area contributed by atoms with Gasteiger partial charge in [0.1, 0.15) is 16.3 Å². The van der Waals surface area contributed by atoms with Crippen molar-refractivity contribution in [1.82, 2.24) is 9.88 Å². The molecule has 0 aliphatic rings. The highest BCUT2D eigenvalue weighted by Crippen LogP contribution is 2.30. The Balaban J connectivity index is 2.34. The molecule has 25 heavy (non-hydrogen) atoms. The van der Waals surface area contributed by atoms with E-state index in [9.17, 15) is 22.8 Å². The summed E-state index contributed by atoms with van der Waals surface area (Å²) >= 11 is 0.830. The number of fused-ring (bicyclic) bond motifs is 1. The summed E-state index contributed by atoms with van der Waals surface area (Å²) in [6.45, 7) is 5.20. The van der Waals surface area contributed by atoms with Crippen LogP contribution in [-0.4, -0.2) is 32.4 Å². The topological polar surface area (TPSA) is 70.5 Å². The van der Waals surface area contributed by atoms with Gasteiger partial charge >= 0.3 is 5.97 Å². The number of carboxylic acids is 1. The fraction of sp³-hybridized carbons (Fsp3) is 0.438. The Labute approximate surface area is 146 Å². The minimum absolute atomic E-state index is 0.0538. The number of halogens is 3. The SMILES string of the molecule is CC(C)(C)N(Cc1nc2c(F)c(F)cc(F)c2s1)C(=O)CCC(=O)O. The molecule has 1 N–H and O–H groups in total. The maximum absolute atomic E-state index is 13.8. The van der Waals surface area contributed by atoms with Crippen LogP contribution in [0.5, 0.6) is 0 Å². The van der Waals surface area contributed by atoms with Crippen LogP contribution in [0, 0.1) is 17.5 Å². The van der Waals surface area contributed by atoms with Crippen LogP contribution in [0.3, 0.4) is 0 Å². The maximum Gasteiger partial charge on any atom is 0.303 e. The van der Waals surface area contributed by atoms with E-state index < -0.39 is 40.4 Å². The number of hydrogen-bond acceptors (Lipinski definition) is 4. The van der Waals surface area contributed by atoms with Gasteiger partial charge in [0.05, 0.1) is 17.7 Å². The molecule has 9 heteroatoms. The summed E-state index contributed by atoms with van der Waals surface area (Å²) in [5, 5.41) is 8.95. The van der Waals surface area contributed by atoms with E-state index >= 15 is 0 Å². The second kappa shape index (κ2) is 6.99. The van der Waals surface area contributed by atoms with Crippen molar-refractivity contribution in [3.8, 4) is 0 Å². The predicted molar refractivity (Wildman–Crippen MR) is 86.7 cm³/mol. The molecule has 1 heterocycles. The zero-order valence-corrected chi connectivity index (χ0v) is 14.7. The number of carbonyl (C=O) groups is 2. The Morgan fingerprint density at radius 3 is 2.40 bits per heavy atom. The first-order valence-electron chi connectivity index (χ1n) is 7.46. The van der Waals surface area contributed by atoms with Crippen LogP contribution in [0.2, 0.25) is 0 Å². The van der Waals surface area contributed by atoms with Gasteiger partial charge in [0, 0.05) is 18.0 Å². The number of carbonyl (C=O) groups excluding carboxylic acids is 1. The van der Waals surface area contributed by atoms with Gasteiger partial charge in [-0.05, 0) is 20.8 Å². The standard InChI is InChI=1S/C16H17F3N2O3S/c1-16(2,3)21(11(22)4-5-12(23)24)7-10-20-14-13(19)8(17)6-9(18)15(14)25-10/h6H,4-5,7H2,1-3H3,(H,23,24). The van der Waals surface area contributed by atoms with E-state index in [1.54, 1.807) is 20.8 Å². The summed E-state index contributed by atoms with van der Waals surface area (Å²) in [5.74, 6) is -4.99. The van der Waals surface area contributed by atoms with E-state index in [2.05, 4.69) is 4.98 Å². The molecule has 0 saturated carbocycles. The molecular formula is C16H17F3N2O3S. The van der Waals surface area contributed by atoms with E-state index in [1.807, 2.05) is 0 Å². The van der Waals surface area contributed by atoms with Crippen molar-refractivity contribution in [2.24, 2.45) is 0 Å². The fourth-order valence-corrected chi connectivity index (χ4v) is 3.23. The quantitative estimate of drug-likeness (QED) is 0.810. The lowest BCUT2D eigenvalue weighted by Crippen LogP contribution is -2.45. The van der Waals surface area contributed by atoms with Crippen LogP contribution in [0.25, 0.3) is 10.2 Å². The lowest BCUT2D eigenvalue weighted by molar-refractivity contribution is -0.143. The zero-order valence-electron chi connectivity index (χ0n) is 13.9. The molecule has 136 valence electrons. The van der Waals surface area contributed by atoms with E-state index in [4.69, 9.17) is 5.11 Å². The molecule has 2 aromatic rings. The van der Waals surface area contributed by atoms with Crippen molar-refractivity contribution < 1.29 is 27.9 Å². The molecule has 0 spiro atoms. The Hall–Kier alpha value is -2.16. The Kier molecular flexibility index (Phi) is 5.36. The van der Waals surface area contributed by atoms with Gasteiger partial charge in [0.2, 0.25) is 5.91 Å². The van der Waals surface area contributed by atoms with Crippen LogP contribution < -0.4 is 0 Å². The zero-order chi connectivity index (χ0) is 18.9. The van der Waals surface area contributed by atoms with Crippen LogP contribution >= 0.6 is 11.3 Å². The monoisotopic (exact) mass is 374 g/mol. The number of aliphatic carboxylic acids is 1. The van der Waals surface area contributed by atoms with Gasteiger partial charge in [0.25, 0.3) is 0 Å². The third-order valence-corrected chi connectivity index (χ3v) is 4.56. The summed E-state index contributed by atoms with van der Waals surface area (Å²) < 4.78 is 40.8. The third-order valence-electron chi connectivity index (χ3n) is 3.52. The van der Waals surface area contributed by atoms with Crippen molar-refractivity contribution in [3.63, 3.8) is 0 Å². The second-order valence-electron chi connectivity index (χ2n) is 6.48. The van der Waals surface area contributed by atoms with Gasteiger partial charge in [-0.3, -0.25) is 9.59 Å². The third kappa shape index (κ3) is 4.28. The van der Waals surface area contributed by atoms with Gasteiger partial charge in [0.15, 0.2) is 11.6 Å². The molecule has 1 aromatic carbocycles. The largest absolute Gasteiger partial charge is 0.481 e. The molecule has 0 radical (unpaired) electrons. The van der Waals surface area contributed by atoms with Gasteiger partial charge in [-0.2, -0.15) is 0 Å². The van der Waals surface area contributed by atoms with Gasteiger partial charge in [-0.15, -0.1) is 11.3 Å². The minimum atomic E-state index is -1.33. The molecule has 1 aromatic heterocycles. The van der Waals surface area contributed by atoms with Gasteiger partial charge < -0.3 is 10.0 Å². The average molecular weight is 374 g/mol. The number of carboxylic acid groups (broad SMARTS) is 1. The van der Waals surface area contributed by atoms with Crippen molar-refractivity contribution in [1.29, 1.82) is 0 Å². The molecular weight excluding hydrogens is 357 g/mol. The van der Waals surface area contributed by atoms with Crippen LogP contribution in [0.15, 0.2) is 6.07 Å². The molecule has 0 bridgehead atoms. The number of thiazole rings is 1. The van der Waals surface area contributed by atoms with Crippen molar-refractivity contribution in [3.05, 3.63) is 28.5 Å². The molecule has 5 nitrogen and oxygen atoms in total. The van der Waals surface area contributed by atoms with Gasteiger partial charge in [-0.1, -0.05) is 0 Å². The number of nitrogens with zero attached hydrogens (tertiary/aromatic N) is 2. The average Bonchev–Trinajstić information content (AvgIpc) is 2.91.